The molecule has 0 rings (SSSR count). The van der Waals surface area contributed by atoms with Gasteiger partial charge in [0.05, 0.1) is 0 Å². The third kappa shape index (κ3) is 138. The minimum absolute atomic E-state index is 4.47. The fourth-order valence-electron chi connectivity index (χ4n) is 0. The molecule has 0 aromatic heterocycles. The van der Waals surface area contributed by atoms with Crippen LogP contribution >= 0.6 is 85.3 Å². The van der Waals surface area contributed by atoms with Crippen molar-refractivity contribution in [2.24, 2.45) is 0 Å². The number of rotatable bonds is 0. The predicted molar refractivity (Wildman–Crippen MR) is 60.7 cm³/mol. The Balaban J connectivity index is 11.7. The van der Waals surface area contributed by atoms with Crippen LogP contribution in [0.15, 0.2) is 0 Å². The standard InChI is InChI=1S/Ni.8S. The van der Waals surface area contributed by atoms with E-state index >= 15 is 0 Å². The molecule has 0 aliphatic carbocycles. The topological polar surface area (TPSA) is 0 Å². The molecule has 0 saturated carbocycles. The Morgan fingerprint density at radius 1 is 0.444 bits per heavy atom. The first-order valence-electron chi connectivity index (χ1n) is 1.03. The Hall–Kier alpha value is 2.25. The third-order valence-corrected chi connectivity index (χ3v) is 0. The van der Waals surface area contributed by atoms with Crippen LogP contribution in [-0.2, 0) is -4.52 Å². The van der Waals surface area contributed by atoms with Gasteiger partial charge < -0.3 is 0 Å². The van der Waals surface area contributed by atoms with Gasteiger partial charge in [-0.2, -0.15) is 0 Å². The molecule has 0 N–H and O–H groups in total. The van der Waals surface area contributed by atoms with Gasteiger partial charge in [-0.15, -0.1) is 0 Å². The van der Waals surface area contributed by atoms with Gasteiger partial charge >= 0.3 is 80.7 Å². The Bertz CT molecular complexity index is 876. The number of hydrogen-bond acceptors (Lipinski definition) is 8. The van der Waals surface area contributed by atoms with Crippen LogP contribution in [-0.4, -0.2) is 0 Å². The summed E-state index contributed by atoms with van der Waals surface area (Å²) in [6.07, 6.45) is 0. The van der Waals surface area contributed by atoms with Crippen molar-refractivity contribution in [3.05, 3.63) is 0 Å². The summed E-state index contributed by atoms with van der Waals surface area (Å²) in [7, 11) is 35.8. The molecule has 9 heavy (non-hydrogen) atoms. The van der Waals surface area contributed by atoms with E-state index in [1.54, 1.807) is 0 Å². The normalized spacial score (nSPS) is 30.2. The maximum absolute atomic E-state index is 6.02. The molecule has 0 aliphatic heterocycles. The molecule has 0 spiro atoms. The van der Waals surface area contributed by atoms with Gasteiger partial charge in [-0.05, 0) is 0 Å². The van der Waals surface area contributed by atoms with E-state index in [2.05, 4.69) is 85.3 Å². The van der Waals surface area contributed by atoms with E-state index in [-0.39, 0.29) is 0 Å². The summed E-state index contributed by atoms with van der Waals surface area (Å²) in [6, 6.07) is 0. The Morgan fingerprint density at radius 3 is 0.444 bits per heavy atom. The van der Waals surface area contributed by atoms with Crippen LogP contribution in [0.25, 0.3) is 0 Å². The van der Waals surface area contributed by atoms with Crippen LogP contribution < -0.4 is 0 Å². The van der Waals surface area contributed by atoms with E-state index in [9.17, 15) is 0 Å². The molecule has 0 unspecified atom stereocenters. The van der Waals surface area contributed by atoms with Crippen LogP contribution in [0.5, 0.6) is 0 Å². The van der Waals surface area contributed by atoms with Gasteiger partial charge in [0, 0.05) is 0 Å². The summed E-state index contributed by atoms with van der Waals surface area (Å²) < 4.78 is -6.02. The van der Waals surface area contributed by atoms with Crippen molar-refractivity contribution in [2.45, 2.75) is 0 Å². The molecule has 0 saturated heterocycles. The van der Waals surface area contributed by atoms with E-state index in [1.165, 1.54) is 0 Å². The van der Waals surface area contributed by atoms with Crippen LogP contribution in [0.4, 0.5) is 0 Å². The van der Waals surface area contributed by atoms with E-state index in [0.717, 1.165) is 0 Å². The second-order valence-electron chi connectivity index (χ2n) is 1.48. The van der Waals surface area contributed by atoms with Gasteiger partial charge in [-0.25, -0.2) is 0 Å². The first-order chi connectivity index (χ1) is 2.83. The zero-order valence-corrected chi connectivity index (χ0v) is 11.1. The van der Waals surface area contributed by atoms with E-state index in [4.69, 9.17) is 0 Å². The van der Waals surface area contributed by atoms with Gasteiger partial charge in [0.1, 0.15) is 0 Å². The van der Waals surface area contributed by atoms with E-state index in [1.807, 2.05) is 0 Å². The van der Waals surface area contributed by atoms with Crippen molar-refractivity contribution >= 4 is 85.3 Å². The van der Waals surface area contributed by atoms with Crippen molar-refractivity contribution in [1.29, 1.82) is 0 Å². The van der Waals surface area contributed by atoms with Gasteiger partial charge in [-0.3, -0.25) is 0 Å². The van der Waals surface area contributed by atoms with Crippen molar-refractivity contribution < 1.29 is -4.52 Å². The van der Waals surface area contributed by atoms with Gasteiger partial charge in [0.25, 0.3) is 0 Å². The monoisotopic (exact) mass is 314 g/mol. The molecule has 0 aromatic carbocycles. The van der Waals surface area contributed by atoms with E-state index < -0.39 is -4.52 Å². The molecule has 0 nitrogen and oxygen atoms in total. The third-order valence-electron chi connectivity index (χ3n) is 0. The second-order valence-corrected chi connectivity index (χ2v) is 54.8. The Labute approximate surface area is 79.2 Å². The van der Waals surface area contributed by atoms with Gasteiger partial charge in [-0.1, -0.05) is 0 Å². The molecule has 0 aromatic rings. The van der Waals surface area contributed by atoms with Crippen molar-refractivity contribution in [2.75, 3.05) is 0 Å². The molecule has 0 amide bonds. The summed E-state index contributed by atoms with van der Waals surface area (Å²) in [4.78, 5) is 0. The SMILES string of the molecule is [S]=[Ni](=[S])(=[S])(=[S])(=[S])(=[S])(=[S])=[S]. The maximum atomic E-state index is 4.47. The summed E-state index contributed by atoms with van der Waals surface area (Å²) in [6.45, 7) is 0. The molecular formula is NiS8. The summed E-state index contributed by atoms with van der Waals surface area (Å²) in [5, 5.41) is 0. The molecular weight excluding hydrogens is 315 g/mol. The molecule has 0 atom stereocenters. The summed E-state index contributed by atoms with van der Waals surface area (Å²) in [5.74, 6) is 0. The van der Waals surface area contributed by atoms with Crippen molar-refractivity contribution in [3.8, 4) is 0 Å². The summed E-state index contributed by atoms with van der Waals surface area (Å²) in [5.41, 5.74) is 0. The van der Waals surface area contributed by atoms with Gasteiger partial charge in [0.2, 0.25) is 0 Å². The molecule has 0 fully saturated rings. The summed E-state index contributed by atoms with van der Waals surface area (Å²) >= 11 is 0. The zero-order valence-electron chi connectivity index (χ0n) is 3.58. The average molecular weight is 315 g/mol. The molecule has 0 aliphatic rings. The molecule has 0 bridgehead atoms. The van der Waals surface area contributed by atoms with Crippen molar-refractivity contribution in [1.82, 2.24) is 0 Å². The molecule has 0 radical (unpaired) electrons. The minimum atomic E-state index is -6.02. The van der Waals surface area contributed by atoms with Crippen LogP contribution in [0.1, 0.15) is 0 Å². The fraction of sp³-hybridized carbons (Fsp3) is 0. The fourth-order valence-corrected chi connectivity index (χ4v) is 0. The average Bonchev–Trinajstić information content (AvgIpc) is 0.503. The zero-order chi connectivity index (χ0) is 8.35. The Morgan fingerprint density at radius 2 is 0.444 bits per heavy atom. The van der Waals surface area contributed by atoms with Gasteiger partial charge in [0.15, 0.2) is 0 Å². The van der Waals surface area contributed by atoms with E-state index in [0.29, 0.717) is 0 Å². The van der Waals surface area contributed by atoms with Crippen LogP contribution in [0.2, 0.25) is 0 Å². The molecule has 58 valence electrons. The first-order valence-corrected chi connectivity index (χ1v) is 12.8. The Kier molecular flexibility index (Phi) is 1.20. The molecule has 0 heterocycles. The second kappa shape index (κ2) is 0.959. The van der Waals surface area contributed by atoms with Crippen LogP contribution in [0, 0.1) is 0 Å². The quantitative estimate of drug-likeness (QED) is 0.553. The first kappa shape index (κ1) is 11.3. The van der Waals surface area contributed by atoms with Crippen LogP contribution in [0.3, 0.4) is 0 Å². The predicted octanol–water partition coefficient (Wildman–Crippen LogP) is 5.18. The number of hydrogen-bond donors (Lipinski definition) is 0. The molecule has 9 heteroatoms. The van der Waals surface area contributed by atoms with Crippen molar-refractivity contribution in [3.63, 3.8) is 0 Å².